The van der Waals surface area contributed by atoms with E-state index in [0.717, 1.165) is 11.6 Å². The van der Waals surface area contributed by atoms with Crippen LogP contribution in [-0.4, -0.2) is 74.2 Å². The van der Waals surface area contributed by atoms with Crippen molar-refractivity contribution in [1.82, 2.24) is 30.2 Å². The van der Waals surface area contributed by atoms with Crippen molar-refractivity contribution in [3.8, 4) is 0 Å². The van der Waals surface area contributed by atoms with Crippen molar-refractivity contribution in [1.29, 1.82) is 0 Å². The van der Waals surface area contributed by atoms with E-state index in [1.165, 1.54) is 18.5 Å². The van der Waals surface area contributed by atoms with E-state index in [1.54, 1.807) is 13.3 Å². The summed E-state index contributed by atoms with van der Waals surface area (Å²) in [6.45, 7) is 2.35. The van der Waals surface area contributed by atoms with E-state index < -0.39 is 48.0 Å². The molecule has 2 aromatic carbocycles. The molecule has 1 aliphatic carbocycles. The zero-order valence-electron chi connectivity index (χ0n) is 24.6. The second-order valence-electron chi connectivity index (χ2n) is 10.7. The Hall–Kier alpha value is -5.41. The number of hydrogen-bond donors (Lipinski definition) is 5. The molecule has 0 bridgehead atoms. The van der Waals surface area contributed by atoms with Gasteiger partial charge in [0, 0.05) is 19.0 Å². The van der Waals surface area contributed by atoms with Crippen LogP contribution in [0.3, 0.4) is 0 Å². The summed E-state index contributed by atoms with van der Waals surface area (Å²) >= 11 is 0. The Balaban J connectivity index is 1.23. The fourth-order valence-electron chi connectivity index (χ4n) is 5.79. The first kappa shape index (κ1) is 30.6. The van der Waals surface area contributed by atoms with Gasteiger partial charge in [0.05, 0.1) is 29.7 Å². The molecular formula is C31H31FN8O6. The number of aromatic carboxylic acids is 1. The van der Waals surface area contributed by atoms with Crippen LogP contribution in [0.25, 0.3) is 17.2 Å². The number of nitrogens with zero attached hydrogens (tertiary/aromatic N) is 4. The van der Waals surface area contributed by atoms with Crippen LogP contribution in [0.15, 0.2) is 67.3 Å². The number of carbonyl (C=O) groups excluding carboxylic acids is 2. The number of carboxylic acid groups (broad SMARTS) is 1. The Labute approximate surface area is 262 Å². The van der Waals surface area contributed by atoms with Crippen molar-refractivity contribution < 1.29 is 33.4 Å². The molecule has 4 aromatic rings. The lowest BCUT2D eigenvalue weighted by molar-refractivity contribution is -0.0496. The maximum absolute atomic E-state index is 14.4. The van der Waals surface area contributed by atoms with E-state index in [4.69, 9.17) is 9.47 Å². The van der Waals surface area contributed by atoms with Gasteiger partial charge >= 0.3 is 18.0 Å². The summed E-state index contributed by atoms with van der Waals surface area (Å²) in [4.78, 5) is 49.7. The van der Waals surface area contributed by atoms with Gasteiger partial charge in [0.1, 0.15) is 18.2 Å². The molecule has 238 valence electrons. The van der Waals surface area contributed by atoms with Crippen LogP contribution in [-0.2, 0) is 9.47 Å². The molecule has 2 aliphatic rings. The molecule has 5 atom stereocenters. The highest BCUT2D eigenvalue weighted by molar-refractivity contribution is 6.00. The lowest BCUT2D eigenvalue weighted by atomic mass is 10.1. The van der Waals surface area contributed by atoms with Crippen molar-refractivity contribution in [3.05, 3.63) is 84.2 Å². The van der Waals surface area contributed by atoms with Crippen LogP contribution in [0, 0.1) is 11.7 Å². The fourth-order valence-corrected chi connectivity index (χ4v) is 5.79. The topological polar surface area (TPSA) is 182 Å². The van der Waals surface area contributed by atoms with E-state index in [-0.39, 0.29) is 29.9 Å². The second-order valence-corrected chi connectivity index (χ2v) is 10.7. The first-order chi connectivity index (χ1) is 22.3. The number of imidazole rings is 1. The molecule has 15 heteroatoms. The Kier molecular flexibility index (Phi) is 8.85. The molecule has 2 aromatic heterocycles. The number of para-hydroxylation sites is 1. The maximum Gasteiger partial charge on any atom is 0.337 e. The number of amides is 4. The number of carbonyl (C=O) groups is 3. The highest BCUT2D eigenvalue weighted by Crippen LogP contribution is 2.45. The number of halogens is 1. The zero-order valence-corrected chi connectivity index (χ0v) is 24.6. The molecule has 1 saturated carbocycles. The van der Waals surface area contributed by atoms with Gasteiger partial charge in [-0.15, -0.1) is 0 Å². The van der Waals surface area contributed by atoms with E-state index in [9.17, 15) is 23.9 Å². The minimum absolute atomic E-state index is 0.116. The highest BCUT2D eigenvalue weighted by atomic mass is 19.1. The Morgan fingerprint density at radius 1 is 1.00 bits per heavy atom. The third-order valence-corrected chi connectivity index (χ3v) is 7.83. The summed E-state index contributed by atoms with van der Waals surface area (Å²) in [5.41, 5.74) is 1.04. The van der Waals surface area contributed by atoms with Crippen molar-refractivity contribution in [3.63, 3.8) is 0 Å². The first-order valence-corrected chi connectivity index (χ1v) is 14.7. The number of nitrogens with one attached hydrogen (secondary N) is 4. The molecule has 4 unspecified atom stereocenters. The highest BCUT2D eigenvalue weighted by Gasteiger charge is 2.52. The predicted molar refractivity (Wildman–Crippen MR) is 165 cm³/mol. The lowest BCUT2D eigenvalue weighted by Gasteiger charge is -2.20. The Morgan fingerprint density at radius 3 is 2.57 bits per heavy atom. The number of benzene rings is 2. The van der Waals surface area contributed by atoms with Crippen LogP contribution in [0.2, 0.25) is 0 Å². The molecule has 6 rings (SSSR count). The van der Waals surface area contributed by atoms with E-state index in [1.807, 2.05) is 47.1 Å². The maximum atomic E-state index is 14.4. The standard InChI is InChI=1S/C31H31FN8O6/c1-2-33-30(43)39-27-24-28(36-15-35-27)40(16-37-24)21-13-18(14-34-31(44)38-23-19(29(41)42)9-6-10-20(23)32)25-26(21)46-22(45-25)12-11-17-7-4-3-5-8-17/h3-12,15-16,18,21-22,25-26H,2,13-14H2,1H3,(H,41,42)(H2,34,38,44)(H2,33,35,36,39,43)/b12-11+/t18?,21?,22-,25?,26?/m0/s1. The van der Waals surface area contributed by atoms with Gasteiger partial charge in [-0.3, -0.25) is 5.32 Å². The van der Waals surface area contributed by atoms with E-state index >= 15 is 0 Å². The number of carboxylic acids is 1. The smallest absolute Gasteiger partial charge is 0.337 e. The average Bonchev–Trinajstić information content (AvgIpc) is 3.75. The van der Waals surface area contributed by atoms with Gasteiger partial charge < -0.3 is 35.1 Å². The summed E-state index contributed by atoms with van der Waals surface area (Å²) in [7, 11) is 0. The third kappa shape index (κ3) is 6.36. The number of urea groups is 2. The second kappa shape index (κ2) is 13.3. The van der Waals surface area contributed by atoms with Crippen LogP contribution < -0.4 is 21.3 Å². The minimum Gasteiger partial charge on any atom is -0.478 e. The third-order valence-electron chi connectivity index (χ3n) is 7.83. The number of anilines is 2. The summed E-state index contributed by atoms with van der Waals surface area (Å²) < 4.78 is 29.0. The molecule has 1 aliphatic heterocycles. The van der Waals surface area contributed by atoms with Crippen LogP contribution in [0.4, 0.5) is 25.5 Å². The number of fused-ring (bicyclic) bond motifs is 2. The number of ether oxygens (including phenoxy) is 2. The largest absolute Gasteiger partial charge is 0.478 e. The van der Waals surface area contributed by atoms with Gasteiger partial charge in [-0.1, -0.05) is 42.5 Å². The molecular weight excluding hydrogens is 599 g/mol. The summed E-state index contributed by atoms with van der Waals surface area (Å²) in [5.74, 6) is -2.25. The van der Waals surface area contributed by atoms with E-state index in [2.05, 4.69) is 36.2 Å². The Morgan fingerprint density at radius 2 is 1.78 bits per heavy atom. The predicted octanol–water partition coefficient (Wildman–Crippen LogP) is 4.01. The summed E-state index contributed by atoms with van der Waals surface area (Å²) in [6.07, 6.45) is 5.55. The summed E-state index contributed by atoms with van der Waals surface area (Å²) in [5, 5.41) is 19.8. The first-order valence-electron chi connectivity index (χ1n) is 14.7. The number of aromatic nitrogens is 4. The number of hydrogen-bond acceptors (Lipinski definition) is 8. The molecule has 46 heavy (non-hydrogen) atoms. The molecule has 0 radical (unpaired) electrons. The van der Waals surface area contributed by atoms with E-state index in [0.29, 0.717) is 24.1 Å². The van der Waals surface area contributed by atoms with Gasteiger partial charge in [-0.2, -0.15) is 0 Å². The minimum atomic E-state index is -1.37. The van der Waals surface area contributed by atoms with Crippen LogP contribution in [0.5, 0.6) is 0 Å². The van der Waals surface area contributed by atoms with Gasteiger partial charge in [0.15, 0.2) is 23.3 Å². The molecule has 4 amide bonds. The van der Waals surface area contributed by atoms with Crippen molar-refractivity contribution in [2.45, 2.75) is 37.9 Å². The fraction of sp³-hybridized carbons (Fsp3) is 0.290. The molecule has 14 nitrogen and oxygen atoms in total. The molecule has 1 saturated heterocycles. The molecule has 2 fully saturated rings. The number of rotatable bonds is 9. The van der Waals surface area contributed by atoms with Gasteiger partial charge in [0.25, 0.3) is 0 Å². The molecule has 3 heterocycles. The van der Waals surface area contributed by atoms with Crippen LogP contribution in [0.1, 0.15) is 35.3 Å². The quantitative estimate of drug-likeness (QED) is 0.183. The van der Waals surface area contributed by atoms with Gasteiger partial charge in [-0.25, -0.2) is 33.7 Å². The van der Waals surface area contributed by atoms with Crippen molar-refractivity contribution in [2.24, 2.45) is 5.92 Å². The van der Waals surface area contributed by atoms with Crippen molar-refractivity contribution >= 4 is 46.8 Å². The van der Waals surface area contributed by atoms with Crippen molar-refractivity contribution in [2.75, 3.05) is 23.7 Å². The Bertz CT molecular complexity index is 1780. The normalized spacial score (nSPS) is 22.1. The lowest BCUT2D eigenvalue weighted by Crippen LogP contribution is -2.37. The SMILES string of the molecule is CCNC(=O)Nc1ncnc2c1ncn2C1CC(CNC(=O)Nc2c(F)cccc2C(=O)O)C2O[C@H](/C=C/c3ccccc3)OC21. The van der Waals surface area contributed by atoms with Gasteiger partial charge in [0.2, 0.25) is 0 Å². The monoisotopic (exact) mass is 630 g/mol. The molecule has 5 N–H and O–H groups in total. The molecule has 0 spiro atoms. The van der Waals surface area contributed by atoms with Crippen LogP contribution >= 0.6 is 0 Å². The summed E-state index contributed by atoms with van der Waals surface area (Å²) in [6, 6.07) is 11.7. The average molecular weight is 631 g/mol. The van der Waals surface area contributed by atoms with Gasteiger partial charge in [-0.05, 0) is 37.1 Å². The zero-order chi connectivity index (χ0) is 32.2.